The van der Waals surface area contributed by atoms with Gasteiger partial charge in [-0.25, -0.2) is 0 Å². The number of hydrogen-bond acceptors (Lipinski definition) is 3. The number of thioether (sulfide) groups is 1. The summed E-state index contributed by atoms with van der Waals surface area (Å²) < 4.78 is 0.916. The first kappa shape index (κ1) is 13.9. The zero-order valence-electron chi connectivity index (χ0n) is 10.2. The Bertz CT molecular complexity index is 470. The third kappa shape index (κ3) is 3.75. The second-order valence-electron chi connectivity index (χ2n) is 3.96. The first-order chi connectivity index (χ1) is 8.81. The second-order valence-corrected chi connectivity index (χ2v) is 6.76. The summed E-state index contributed by atoms with van der Waals surface area (Å²) in [4.78, 5) is 1.29. The monoisotopic (exact) mass is 297 g/mol. The Morgan fingerprint density at radius 3 is 2.67 bits per heavy atom. The van der Waals surface area contributed by atoms with Crippen molar-refractivity contribution in [3.8, 4) is 0 Å². The van der Waals surface area contributed by atoms with E-state index < -0.39 is 0 Å². The van der Waals surface area contributed by atoms with Crippen LogP contribution in [0.4, 0.5) is 0 Å². The minimum Gasteiger partial charge on any atom is -0.320 e. The van der Waals surface area contributed by atoms with Gasteiger partial charge in [-0.3, -0.25) is 0 Å². The van der Waals surface area contributed by atoms with Gasteiger partial charge in [0.05, 0.1) is 4.34 Å². The summed E-state index contributed by atoms with van der Waals surface area (Å²) in [5.41, 5.74) is 1.26. The van der Waals surface area contributed by atoms with Gasteiger partial charge in [-0.05, 0) is 49.2 Å². The number of benzene rings is 1. The van der Waals surface area contributed by atoms with E-state index in [0.717, 1.165) is 17.3 Å². The Labute approximate surface area is 122 Å². The molecule has 2 aromatic rings. The molecule has 0 fully saturated rings. The van der Waals surface area contributed by atoms with Crippen LogP contribution in [0.5, 0.6) is 0 Å². The van der Waals surface area contributed by atoms with Crippen LogP contribution in [0.1, 0.15) is 17.2 Å². The zero-order chi connectivity index (χ0) is 12.8. The van der Waals surface area contributed by atoms with E-state index in [2.05, 4.69) is 41.0 Å². The summed E-state index contributed by atoms with van der Waals surface area (Å²) >= 11 is 9.76. The molecule has 1 atom stereocenters. The standard InChI is InChI=1S/C14H16ClNS2/c1-16-9-7-13(12-8-10-17-14(12)15)18-11-5-3-2-4-6-11/h2-6,8,10,13,16H,7,9H2,1H3. The molecular weight excluding hydrogens is 282 g/mol. The van der Waals surface area contributed by atoms with Gasteiger partial charge in [0, 0.05) is 10.1 Å². The normalized spacial score (nSPS) is 12.6. The third-order valence-corrected chi connectivity index (χ3v) is 5.19. The summed E-state index contributed by atoms with van der Waals surface area (Å²) in [6.45, 7) is 0.997. The van der Waals surface area contributed by atoms with Crippen LogP contribution >= 0.6 is 34.7 Å². The van der Waals surface area contributed by atoms with Crippen LogP contribution in [0, 0.1) is 0 Å². The van der Waals surface area contributed by atoms with Gasteiger partial charge in [0.15, 0.2) is 0 Å². The van der Waals surface area contributed by atoms with Gasteiger partial charge in [0.2, 0.25) is 0 Å². The summed E-state index contributed by atoms with van der Waals surface area (Å²) in [5, 5.41) is 5.69. The van der Waals surface area contributed by atoms with Crippen LogP contribution in [0.25, 0.3) is 0 Å². The molecule has 1 aromatic carbocycles. The van der Waals surface area contributed by atoms with Crippen LogP contribution in [0.15, 0.2) is 46.7 Å². The van der Waals surface area contributed by atoms with Crippen molar-refractivity contribution >= 4 is 34.7 Å². The van der Waals surface area contributed by atoms with Gasteiger partial charge in [-0.2, -0.15) is 0 Å². The average molecular weight is 298 g/mol. The van der Waals surface area contributed by atoms with E-state index in [-0.39, 0.29) is 0 Å². The molecule has 0 aliphatic carbocycles. The van der Waals surface area contributed by atoms with Crippen molar-refractivity contribution in [3.05, 3.63) is 51.7 Å². The molecule has 1 N–H and O–H groups in total. The highest BCUT2D eigenvalue weighted by Gasteiger charge is 2.16. The van der Waals surface area contributed by atoms with E-state index in [0.29, 0.717) is 5.25 Å². The lowest BCUT2D eigenvalue weighted by molar-refractivity contribution is 0.716. The van der Waals surface area contributed by atoms with Crippen LogP contribution in [0.3, 0.4) is 0 Å². The average Bonchev–Trinajstić information content (AvgIpc) is 2.82. The lowest BCUT2D eigenvalue weighted by Crippen LogP contribution is -2.10. The molecule has 0 bridgehead atoms. The number of rotatable bonds is 6. The molecule has 0 aliphatic rings. The predicted molar refractivity (Wildman–Crippen MR) is 82.9 cm³/mol. The van der Waals surface area contributed by atoms with Gasteiger partial charge >= 0.3 is 0 Å². The molecule has 1 nitrogen and oxygen atoms in total. The first-order valence-corrected chi connectivity index (χ1v) is 8.04. The zero-order valence-corrected chi connectivity index (χ0v) is 12.6. The van der Waals surface area contributed by atoms with Crippen LogP contribution < -0.4 is 5.32 Å². The Morgan fingerprint density at radius 1 is 1.28 bits per heavy atom. The molecule has 1 aromatic heterocycles. The van der Waals surface area contributed by atoms with Crippen molar-refractivity contribution in [1.29, 1.82) is 0 Å². The van der Waals surface area contributed by atoms with E-state index in [1.54, 1.807) is 11.3 Å². The molecule has 1 heterocycles. The SMILES string of the molecule is CNCCC(Sc1ccccc1)c1ccsc1Cl. The molecule has 96 valence electrons. The van der Waals surface area contributed by atoms with E-state index in [9.17, 15) is 0 Å². The fraction of sp³-hybridized carbons (Fsp3) is 0.286. The molecule has 0 aliphatic heterocycles. The fourth-order valence-corrected chi connectivity index (χ4v) is 4.12. The van der Waals surface area contributed by atoms with Gasteiger partial charge < -0.3 is 5.32 Å². The van der Waals surface area contributed by atoms with Crippen molar-refractivity contribution in [2.45, 2.75) is 16.6 Å². The molecular formula is C14H16ClNS2. The first-order valence-electron chi connectivity index (χ1n) is 5.90. The Morgan fingerprint density at radius 2 is 2.06 bits per heavy atom. The molecule has 0 saturated heterocycles. The summed E-state index contributed by atoms with van der Waals surface area (Å²) in [6, 6.07) is 12.6. The lowest BCUT2D eigenvalue weighted by Gasteiger charge is -2.16. The van der Waals surface area contributed by atoms with Crippen molar-refractivity contribution in [2.24, 2.45) is 0 Å². The van der Waals surface area contributed by atoms with Crippen molar-refractivity contribution < 1.29 is 0 Å². The predicted octanol–water partition coefficient (Wildman–Crippen LogP) is 4.84. The van der Waals surface area contributed by atoms with Crippen molar-refractivity contribution in [2.75, 3.05) is 13.6 Å². The number of hydrogen-bond donors (Lipinski definition) is 1. The molecule has 0 saturated carbocycles. The minimum atomic E-state index is 0.415. The number of nitrogens with one attached hydrogen (secondary N) is 1. The van der Waals surface area contributed by atoms with Crippen molar-refractivity contribution in [1.82, 2.24) is 5.32 Å². The highest BCUT2D eigenvalue weighted by atomic mass is 35.5. The van der Waals surface area contributed by atoms with E-state index in [4.69, 9.17) is 11.6 Å². The molecule has 0 radical (unpaired) electrons. The lowest BCUT2D eigenvalue weighted by atomic mass is 10.2. The number of halogens is 1. The fourth-order valence-electron chi connectivity index (χ4n) is 1.75. The van der Waals surface area contributed by atoms with E-state index >= 15 is 0 Å². The molecule has 0 spiro atoms. The second kappa shape index (κ2) is 7.19. The molecule has 4 heteroatoms. The highest BCUT2D eigenvalue weighted by Crippen LogP contribution is 2.42. The highest BCUT2D eigenvalue weighted by molar-refractivity contribution is 7.99. The van der Waals surface area contributed by atoms with Gasteiger partial charge in [0.1, 0.15) is 0 Å². The Kier molecular flexibility index (Phi) is 5.57. The van der Waals surface area contributed by atoms with Gasteiger partial charge in [0.25, 0.3) is 0 Å². The Balaban J connectivity index is 2.13. The molecule has 1 unspecified atom stereocenters. The number of thiophene rings is 1. The van der Waals surface area contributed by atoms with Crippen LogP contribution in [0.2, 0.25) is 4.34 Å². The molecule has 0 amide bonds. The summed E-state index contributed by atoms with van der Waals surface area (Å²) in [7, 11) is 1.99. The quantitative estimate of drug-likeness (QED) is 0.765. The maximum Gasteiger partial charge on any atom is 0.0971 e. The smallest absolute Gasteiger partial charge is 0.0971 e. The van der Waals surface area contributed by atoms with Crippen molar-refractivity contribution in [3.63, 3.8) is 0 Å². The van der Waals surface area contributed by atoms with Gasteiger partial charge in [-0.1, -0.05) is 29.8 Å². The minimum absolute atomic E-state index is 0.415. The topological polar surface area (TPSA) is 12.0 Å². The summed E-state index contributed by atoms with van der Waals surface area (Å²) in [6.07, 6.45) is 1.08. The largest absolute Gasteiger partial charge is 0.320 e. The van der Waals surface area contributed by atoms with Crippen LogP contribution in [-0.2, 0) is 0 Å². The van der Waals surface area contributed by atoms with Crippen LogP contribution in [-0.4, -0.2) is 13.6 Å². The molecule has 18 heavy (non-hydrogen) atoms. The summed E-state index contributed by atoms with van der Waals surface area (Å²) in [5.74, 6) is 0. The van der Waals surface area contributed by atoms with E-state index in [1.165, 1.54) is 10.5 Å². The maximum absolute atomic E-state index is 6.26. The maximum atomic E-state index is 6.26. The van der Waals surface area contributed by atoms with Gasteiger partial charge in [-0.15, -0.1) is 23.1 Å². The Hall–Kier alpha value is -0.480. The van der Waals surface area contributed by atoms with E-state index in [1.807, 2.05) is 24.9 Å². The third-order valence-electron chi connectivity index (χ3n) is 2.67. The molecule has 2 rings (SSSR count).